The summed E-state index contributed by atoms with van der Waals surface area (Å²) in [5.74, 6) is -1.74. The lowest BCUT2D eigenvalue weighted by Crippen LogP contribution is -2.00. The molecule has 1 N–H and O–H groups in total. The molecule has 2 rings (SSSR count). The van der Waals surface area contributed by atoms with Gasteiger partial charge in [0.2, 0.25) is 0 Å². The highest BCUT2D eigenvalue weighted by Gasteiger charge is 2.20. The second kappa shape index (κ2) is 5.49. The number of nitrogens with one attached hydrogen (secondary N) is 1. The molecule has 0 heterocycles. The second-order valence-electron chi connectivity index (χ2n) is 3.96. The summed E-state index contributed by atoms with van der Waals surface area (Å²) in [5.41, 5.74) is -1.38. The van der Waals surface area contributed by atoms with Gasteiger partial charge < -0.3 is 5.32 Å². The quantitative estimate of drug-likeness (QED) is 0.687. The first kappa shape index (κ1) is 14.3. The Morgan fingerprint density at radius 1 is 0.905 bits per heavy atom. The van der Waals surface area contributed by atoms with Crippen LogP contribution in [0.5, 0.6) is 0 Å². The van der Waals surface area contributed by atoms with Gasteiger partial charge in [-0.25, -0.2) is 8.78 Å². The van der Waals surface area contributed by atoms with E-state index in [9.17, 15) is 29.0 Å². The van der Waals surface area contributed by atoms with Crippen LogP contribution in [0, 0.1) is 31.9 Å². The number of anilines is 2. The summed E-state index contributed by atoms with van der Waals surface area (Å²) in [6, 6.07) is 5.53. The average Bonchev–Trinajstić information content (AvgIpc) is 2.41. The monoisotopic (exact) mass is 295 g/mol. The Labute approximate surface area is 116 Å². The lowest BCUT2D eigenvalue weighted by atomic mass is 10.2. The molecule has 0 saturated carbocycles. The van der Waals surface area contributed by atoms with E-state index in [4.69, 9.17) is 0 Å². The van der Waals surface area contributed by atoms with E-state index in [1.54, 1.807) is 0 Å². The molecule has 0 unspecified atom stereocenters. The van der Waals surface area contributed by atoms with Gasteiger partial charge in [0, 0.05) is 12.1 Å². The molecule has 0 aromatic heterocycles. The molecule has 2 aromatic rings. The molecule has 0 spiro atoms. The molecule has 0 bridgehead atoms. The minimum atomic E-state index is -0.942. The number of hydrogen-bond donors (Lipinski definition) is 1. The predicted molar refractivity (Wildman–Crippen MR) is 69.4 cm³/mol. The van der Waals surface area contributed by atoms with Gasteiger partial charge in [0.1, 0.15) is 17.3 Å². The van der Waals surface area contributed by atoms with Crippen molar-refractivity contribution in [3.63, 3.8) is 0 Å². The minimum absolute atomic E-state index is 0.142. The van der Waals surface area contributed by atoms with Crippen molar-refractivity contribution in [1.29, 1.82) is 0 Å². The van der Waals surface area contributed by atoms with Gasteiger partial charge in [0.15, 0.2) is 0 Å². The molecule has 0 saturated heterocycles. The maximum Gasteiger partial charge on any atom is 0.299 e. The van der Waals surface area contributed by atoms with Crippen molar-refractivity contribution in [1.82, 2.24) is 0 Å². The zero-order valence-corrected chi connectivity index (χ0v) is 10.2. The topological polar surface area (TPSA) is 98.3 Å². The highest BCUT2D eigenvalue weighted by molar-refractivity contribution is 5.71. The maximum absolute atomic E-state index is 13.5. The Balaban J connectivity index is 2.44. The zero-order chi connectivity index (χ0) is 15.6. The summed E-state index contributed by atoms with van der Waals surface area (Å²) in [5, 5.41) is 23.9. The Kier molecular flexibility index (Phi) is 3.74. The molecule has 0 atom stereocenters. The fourth-order valence-electron chi connectivity index (χ4n) is 1.63. The number of hydrogen-bond acceptors (Lipinski definition) is 5. The smallest absolute Gasteiger partial charge is 0.299 e. The summed E-state index contributed by atoms with van der Waals surface area (Å²) >= 11 is 0. The summed E-state index contributed by atoms with van der Waals surface area (Å²) < 4.78 is 26.3. The van der Waals surface area contributed by atoms with Gasteiger partial charge in [0.05, 0.1) is 21.6 Å². The van der Waals surface area contributed by atoms with Crippen molar-refractivity contribution < 1.29 is 18.6 Å². The molecule has 7 nitrogen and oxygen atoms in total. The third-order valence-corrected chi connectivity index (χ3v) is 2.59. The molecule has 0 amide bonds. The Morgan fingerprint density at radius 3 is 2.14 bits per heavy atom. The highest BCUT2D eigenvalue weighted by Crippen LogP contribution is 2.32. The number of benzene rings is 2. The van der Waals surface area contributed by atoms with Crippen LogP contribution in [0.25, 0.3) is 0 Å². The Morgan fingerprint density at radius 2 is 1.57 bits per heavy atom. The number of nitro benzene ring substituents is 2. The summed E-state index contributed by atoms with van der Waals surface area (Å²) in [4.78, 5) is 19.9. The molecule has 9 heteroatoms. The van der Waals surface area contributed by atoms with Gasteiger partial charge in [0.25, 0.3) is 11.4 Å². The molecule has 2 aromatic carbocycles. The van der Waals surface area contributed by atoms with Crippen molar-refractivity contribution in [2.45, 2.75) is 0 Å². The van der Waals surface area contributed by atoms with Crippen LogP contribution >= 0.6 is 0 Å². The van der Waals surface area contributed by atoms with Crippen molar-refractivity contribution in [3.05, 3.63) is 68.3 Å². The summed E-state index contributed by atoms with van der Waals surface area (Å²) in [7, 11) is 0. The average molecular weight is 295 g/mol. The first-order valence-corrected chi connectivity index (χ1v) is 5.53. The van der Waals surface area contributed by atoms with E-state index >= 15 is 0 Å². The van der Waals surface area contributed by atoms with Gasteiger partial charge in [-0.15, -0.1) is 0 Å². The molecule has 0 aliphatic heterocycles. The Bertz CT molecular complexity index is 736. The van der Waals surface area contributed by atoms with Crippen LogP contribution in [0.4, 0.5) is 31.5 Å². The molecule has 21 heavy (non-hydrogen) atoms. The van der Waals surface area contributed by atoms with Crippen molar-refractivity contribution >= 4 is 22.7 Å². The lowest BCUT2D eigenvalue weighted by molar-refractivity contribution is -0.393. The molecular formula is C12H7F2N3O4. The van der Waals surface area contributed by atoms with Gasteiger partial charge in [-0.3, -0.25) is 20.2 Å². The van der Waals surface area contributed by atoms with E-state index in [0.29, 0.717) is 6.07 Å². The molecule has 0 radical (unpaired) electrons. The van der Waals surface area contributed by atoms with Crippen molar-refractivity contribution in [2.75, 3.05) is 5.32 Å². The van der Waals surface area contributed by atoms with Crippen LogP contribution in [-0.2, 0) is 0 Å². The van der Waals surface area contributed by atoms with E-state index in [1.807, 2.05) is 0 Å². The lowest BCUT2D eigenvalue weighted by Gasteiger charge is -2.08. The number of rotatable bonds is 4. The van der Waals surface area contributed by atoms with Crippen LogP contribution in [0.2, 0.25) is 0 Å². The summed E-state index contributed by atoms with van der Waals surface area (Å²) in [6.45, 7) is 0. The van der Waals surface area contributed by atoms with Crippen LogP contribution in [0.3, 0.4) is 0 Å². The van der Waals surface area contributed by atoms with E-state index in [1.165, 1.54) is 0 Å². The SMILES string of the molecule is O=[N+]([O-])c1ccc(Nc2ccc(F)cc2F)c([N+](=O)[O-])c1. The minimum Gasteiger partial charge on any atom is -0.348 e. The number of non-ortho nitro benzene ring substituents is 1. The molecule has 108 valence electrons. The first-order chi connectivity index (χ1) is 9.88. The van der Waals surface area contributed by atoms with Gasteiger partial charge in [-0.2, -0.15) is 0 Å². The third kappa shape index (κ3) is 3.08. The largest absolute Gasteiger partial charge is 0.348 e. The standard InChI is InChI=1S/C12H7F2N3O4/c13-7-1-3-10(9(14)5-7)15-11-4-2-8(16(18)19)6-12(11)17(20)21/h1-6,15H. The predicted octanol–water partition coefficient (Wildman–Crippen LogP) is 3.52. The fourth-order valence-corrected chi connectivity index (χ4v) is 1.63. The molecule has 0 fully saturated rings. The van der Waals surface area contributed by atoms with Crippen molar-refractivity contribution in [3.8, 4) is 0 Å². The summed E-state index contributed by atoms with van der Waals surface area (Å²) in [6.07, 6.45) is 0. The zero-order valence-electron chi connectivity index (χ0n) is 10.2. The van der Waals surface area contributed by atoms with Crippen LogP contribution in [0.1, 0.15) is 0 Å². The van der Waals surface area contributed by atoms with Crippen LogP contribution < -0.4 is 5.32 Å². The fraction of sp³-hybridized carbons (Fsp3) is 0. The number of nitrogens with zero attached hydrogens (tertiary/aromatic N) is 2. The van der Waals surface area contributed by atoms with Gasteiger partial charge in [-0.05, 0) is 18.2 Å². The van der Waals surface area contributed by atoms with E-state index in [0.717, 1.165) is 30.3 Å². The molecule has 0 aliphatic carbocycles. The maximum atomic E-state index is 13.5. The van der Waals surface area contributed by atoms with Gasteiger partial charge >= 0.3 is 0 Å². The molecule has 0 aliphatic rings. The highest BCUT2D eigenvalue weighted by atomic mass is 19.1. The van der Waals surface area contributed by atoms with Crippen LogP contribution in [0.15, 0.2) is 36.4 Å². The Hall–Kier alpha value is -3.10. The second-order valence-corrected chi connectivity index (χ2v) is 3.96. The third-order valence-electron chi connectivity index (χ3n) is 2.59. The van der Waals surface area contributed by atoms with E-state index in [2.05, 4.69) is 5.32 Å². The van der Waals surface area contributed by atoms with E-state index < -0.39 is 32.9 Å². The van der Waals surface area contributed by atoms with Gasteiger partial charge in [-0.1, -0.05) is 0 Å². The molecular weight excluding hydrogens is 288 g/mol. The first-order valence-electron chi connectivity index (χ1n) is 5.53. The number of halogens is 2. The van der Waals surface area contributed by atoms with Crippen LogP contribution in [-0.4, -0.2) is 9.85 Å². The normalized spacial score (nSPS) is 10.2. The number of nitro groups is 2. The van der Waals surface area contributed by atoms with Crippen molar-refractivity contribution in [2.24, 2.45) is 0 Å². The van der Waals surface area contributed by atoms with E-state index in [-0.39, 0.29) is 11.4 Å².